The molecule has 0 aliphatic heterocycles. The van der Waals surface area contributed by atoms with Gasteiger partial charge in [0.25, 0.3) is 0 Å². The third kappa shape index (κ3) is 2.12. The first-order chi connectivity index (χ1) is 9.19. The highest BCUT2D eigenvalue weighted by Crippen LogP contribution is 2.32. The summed E-state index contributed by atoms with van der Waals surface area (Å²) in [5, 5.41) is 0. The number of anilines is 1. The minimum atomic E-state index is 0.614. The first-order valence-corrected chi connectivity index (χ1v) is 6.92. The summed E-state index contributed by atoms with van der Waals surface area (Å²) in [4.78, 5) is 4.54. The van der Waals surface area contributed by atoms with E-state index in [0.717, 1.165) is 38.8 Å². The molecule has 1 heterocycles. The van der Waals surface area contributed by atoms with Crippen molar-refractivity contribution in [3.05, 3.63) is 46.4 Å². The predicted molar refractivity (Wildman–Crippen MR) is 80.9 cm³/mol. The Morgan fingerprint density at radius 1 is 1.26 bits per heavy atom. The van der Waals surface area contributed by atoms with Gasteiger partial charge in [0.15, 0.2) is 5.58 Å². The van der Waals surface area contributed by atoms with Crippen LogP contribution in [0.2, 0.25) is 0 Å². The molecule has 0 unspecified atom stereocenters. The second-order valence-electron chi connectivity index (χ2n) is 4.38. The van der Waals surface area contributed by atoms with E-state index in [1.807, 2.05) is 36.4 Å². The Hall–Kier alpha value is -1.81. The van der Waals surface area contributed by atoms with Crippen LogP contribution in [-0.2, 0) is 6.42 Å². The molecule has 3 rings (SSSR count). The van der Waals surface area contributed by atoms with E-state index in [4.69, 9.17) is 10.2 Å². The molecule has 0 bridgehead atoms. The Labute approximate surface area is 119 Å². The maximum Gasteiger partial charge on any atom is 0.228 e. The second-order valence-corrected chi connectivity index (χ2v) is 5.24. The molecule has 0 spiro atoms. The molecule has 19 heavy (non-hydrogen) atoms. The lowest BCUT2D eigenvalue weighted by atomic mass is 10.1. The van der Waals surface area contributed by atoms with Gasteiger partial charge in [0.1, 0.15) is 5.52 Å². The molecule has 2 aromatic carbocycles. The van der Waals surface area contributed by atoms with Crippen molar-refractivity contribution in [3.8, 4) is 11.5 Å². The summed E-state index contributed by atoms with van der Waals surface area (Å²) in [7, 11) is 0. The van der Waals surface area contributed by atoms with E-state index < -0.39 is 0 Å². The number of rotatable bonds is 2. The molecule has 4 heteroatoms. The first kappa shape index (κ1) is 12.2. The molecule has 0 atom stereocenters. The van der Waals surface area contributed by atoms with Crippen LogP contribution in [0.3, 0.4) is 0 Å². The molecule has 96 valence electrons. The number of benzene rings is 2. The van der Waals surface area contributed by atoms with Gasteiger partial charge in [-0.3, -0.25) is 0 Å². The van der Waals surface area contributed by atoms with E-state index in [2.05, 4.69) is 27.8 Å². The lowest BCUT2D eigenvalue weighted by Gasteiger charge is -1.99. The molecule has 0 fully saturated rings. The number of halogens is 1. The molecule has 3 nitrogen and oxygen atoms in total. The van der Waals surface area contributed by atoms with Crippen molar-refractivity contribution in [2.24, 2.45) is 0 Å². The fourth-order valence-corrected chi connectivity index (χ4v) is 2.59. The quantitative estimate of drug-likeness (QED) is 0.713. The summed E-state index contributed by atoms with van der Waals surface area (Å²) in [5.41, 5.74) is 10.3. The Morgan fingerprint density at radius 3 is 2.79 bits per heavy atom. The van der Waals surface area contributed by atoms with E-state index in [1.54, 1.807) is 0 Å². The van der Waals surface area contributed by atoms with Crippen molar-refractivity contribution in [3.63, 3.8) is 0 Å². The van der Waals surface area contributed by atoms with Gasteiger partial charge in [-0.1, -0.05) is 19.1 Å². The normalized spacial score (nSPS) is 11.1. The van der Waals surface area contributed by atoms with Crippen LogP contribution in [0.1, 0.15) is 12.5 Å². The van der Waals surface area contributed by atoms with Gasteiger partial charge in [0, 0.05) is 10.2 Å². The molecule has 2 N–H and O–H groups in total. The van der Waals surface area contributed by atoms with E-state index in [-0.39, 0.29) is 0 Å². The number of nitrogens with two attached hydrogens (primary N) is 1. The molecular formula is C15H13BrN2O. The van der Waals surface area contributed by atoms with Crippen LogP contribution < -0.4 is 5.73 Å². The van der Waals surface area contributed by atoms with Crippen LogP contribution in [0.25, 0.3) is 22.6 Å². The van der Waals surface area contributed by atoms with Crippen molar-refractivity contribution in [1.82, 2.24) is 4.98 Å². The van der Waals surface area contributed by atoms with Gasteiger partial charge in [-0.25, -0.2) is 4.98 Å². The third-order valence-corrected chi connectivity index (χ3v) is 3.77. The van der Waals surface area contributed by atoms with Gasteiger partial charge < -0.3 is 10.2 Å². The van der Waals surface area contributed by atoms with Crippen LogP contribution in [0.15, 0.2) is 45.3 Å². The van der Waals surface area contributed by atoms with Gasteiger partial charge >= 0.3 is 0 Å². The molecule has 1 aromatic heterocycles. The predicted octanol–water partition coefficient (Wildman–Crippen LogP) is 4.40. The van der Waals surface area contributed by atoms with Gasteiger partial charge in [-0.15, -0.1) is 0 Å². The molecule has 0 saturated carbocycles. The number of aryl methyl sites for hydroxylation is 1. The molecule has 0 amide bonds. The summed E-state index contributed by atoms with van der Waals surface area (Å²) in [6, 6.07) is 11.7. The Morgan fingerprint density at radius 2 is 2.05 bits per heavy atom. The van der Waals surface area contributed by atoms with Gasteiger partial charge in [0.2, 0.25) is 5.89 Å². The zero-order chi connectivity index (χ0) is 13.4. The average molecular weight is 317 g/mol. The van der Waals surface area contributed by atoms with Crippen molar-refractivity contribution < 1.29 is 4.42 Å². The maximum absolute atomic E-state index is 5.92. The molecule has 3 aromatic rings. The zero-order valence-corrected chi connectivity index (χ0v) is 12.1. The van der Waals surface area contributed by atoms with Crippen LogP contribution in [-0.4, -0.2) is 4.98 Å². The minimum absolute atomic E-state index is 0.614. The van der Waals surface area contributed by atoms with Gasteiger partial charge in [0.05, 0.1) is 5.56 Å². The lowest BCUT2D eigenvalue weighted by Crippen LogP contribution is -1.88. The number of nitrogens with zero attached hydrogens (tertiary/aromatic N) is 1. The topological polar surface area (TPSA) is 52.0 Å². The summed E-state index contributed by atoms with van der Waals surface area (Å²) in [6.07, 6.45) is 0.867. The standard InChI is InChI=1S/C15H13BrN2O/c1-2-9-7-10(17)8-13-14(9)19-15(18-13)11-5-3-4-6-12(11)16/h3-8H,2,17H2,1H3. The molecule has 0 radical (unpaired) electrons. The Kier molecular flexibility index (Phi) is 3.03. The fourth-order valence-electron chi connectivity index (χ4n) is 2.14. The van der Waals surface area contributed by atoms with Crippen molar-refractivity contribution in [2.45, 2.75) is 13.3 Å². The molecule has 0 aliphatic carbocycles. The van der Waals surface area contributed by atoms with Crippen LogP contribution in [0.5, 0.6) is 0 Å². The number of oxazole rings is 1. The summed E-state index contributed by atoms with van der Waals surface area (Å²) >= 11 is 3.52. The average Bonchev–Trinajstić information content (AvgIpc) is 2.81. The van der Waals surface area contributed by atoms with Crippen molar-refractivity contribution in [1.29, 1.82) is 0 Å². The highest BCUT2D eigenvalue weighted by Gasteiger charge is 2.13. The number of hydrogen-bond acceptors (Lipinski definition) is 3. The third-order valence-electron chi connectivity index (χ3n) is 3.07. The van der Waals surface area contributed by atoms with Gasteiger partial charge in [-0.2, -0.15) is 0 Å². The van der Waals surface area contributed by atoms with Crippen LogP contribution >= 0.6 is 15.9 Å². The fraction of sp³-hybridized carbons (Fsp3) is 0.133. The number of fused-ring (bicyclic) bond motifs is 1. The number of hydrogen-bond donors (Lipinski definition) is 1. The lowest BCUT2D eigenvalue weighted by molar-refractivity contribution is 0.615. The highest BCUT2D eigenvalue weighted by atomic mass is 79.9. The van der Waals surface area contributed by atoms with E-state index in [1.165, 1.54) is 0 Å². The smallest absolute Gasteiger partial charge is 0.228 e. The van der Waals surface area contributed by atoms with E-state index in [0.29, 0.717) is 5.89 Å². The van der Waals surface area contributed by atoms with E-state index >= 15 is 0 Å². The minimum Gasteiger partial charge on any atom is -0.436 e. The number of nitrogen functional groups attached to an aromatic ring is 1. The summed E-state index contributed by atoms with van der Waals surface area (Å²) in [6.45, 7) is 2.08. The monoisotopic (exact) mass is 316 g/mol. The Bertz CT molecular complexity index is 749. The van der Waals surface area contributed by atoms with Crippen molar-refractivity contribution >= 4 is 32.7 Å². The van der Waals surface area contributed by atoms with Gasteiger partial charge in [-0.05, 0) is 52.2 Å². The van der Waals surface area contributed by atoms with E-state index in [9.17, 15) is 0 Å². The highest BCUT2D eigenvalue weighted by molar-refractivity contribution is 9.10. The Balaban J connectivity index is 2.25. The van der Waals surface area contributed by atoms with Crippen molar-refractivity contribution in [2.75, 3.05) is 5.73 Å². The second kappa shape index (κ2) is 4.70. The number of aromatic nitrogens is 1. The maximum atomic E-state index is 5.92. The SMILES string of the molecule is CCc1cc(N)cc2nc(-c3ccccc3Br)oc12. The summed E-state index contributed by atoms with van der Waals surface area (Å²) < 4.78 is 6.88. The molecular weight excluding hydrogens is 304 g/mol. The zero-order valence-electron chi connectivity index (χ0n) is 10.5. The van der Waals surface area contributed by atoms with Crippen LogP contribution in [0, 0.1) is 0 Å². The molecule has 0 aliphatic rings. The largest absolute Gasteiger partial charge is 0.436 e. The first-order valence-electron chi connectivity index (χ1n) is 6.13. The molecule has 0 saturated heterocycles. The summed E-state index contributed by atoms with van der Waals surface area (Å²) in [5.74, 6) is 0.614. The van der Waals surface area contributed by atoms with Crippen LogP contribution in [0.4, 0.5) is 5.69 Å².